The molecule has 0 aliphatic carbocycles. The van der Waals surface area contributed by atoms with Gasteiger partial charge in [-0.25, -0.2) is 9.07 Å². The number of hydrogen-bond donors (Lipinski definition) is 0. The third kappa shape index (κ3) is 2.18. The molecule has 3 rings (SSSR count). The number of para-hydroxylation sites is 1. The first-order valence-corrected chi connectivity index (χ1v) is 6.57. The van der Waals surface area contributed by atoms with Gasteiger partial charge in [-0.3, -0.25) is 0 Å². The highest BCUT2D eigenvalue weighted by Crippen LogP contribution is 2.26. The van der Waals surface area contributed by atoms with Crippen LogP contribution in [0.5, 0.6) is 0 Å². The zero-order valence-corrected chi connectivity index (χ0v) is 11.8. The Morgan fingerprint density at radius 2 is 1.80 bits per heavy atom. The Hall–Kier alpha value is -2.23. The van der Waals surface area contributed by atoms with Gasteiger partial charge in [0.25, 0.3) is 0 Å². The van der Waals surface area contributed by atoms with Gasteiger partial charge in [-0.15, -0.1) is 5.10 Å². The molecule has 102 valence electrons. The third-order valence-corrected chi connectivity index (χ3v) is 3.34. The highest BCUT2D eigenvalue weighted by atomic mass is 19.1. The SMILES string of the molecule is CC(C)(C)c1cc(F)cc(-n2nnc3ccccc32)c1. The fourth-order valence-electron chi connectivity index (χ4n) is 2.19. The second kappa shape index (κ2) is 4.40. The van der Waals surface area contributed by atoms with Crippen molar-refractivity contribution in [1.29, 1.82) is 0 Å². The van der Waals surface area contributed by atoms with Crippen molar-refractivity contribution in [2.45, 2.75) is 26.2 Å². The molecule has 0 spiro atoms. The van der Waals surface area contributed by atoms with Crippen molar-refractivity contribution >= 4 is 11.0 Å². The molecule has 20 heavy (non-hydrogen) atoms. The zero-order chi connectivity index (χ0) is 14.3. The van der Waals surface area contributed by atoms with E-state index < -0.39 is 0 Å². The first kappa shape index (κ1) is 12.8. The van der Waals surface area contributed by atoms with E-state index in [0.29, 0.717) is 5.69 Å². The van der Waals surface area contributed by atoms with Crippen molar-refractivity contribution in [3.63, 3.8) is 0 Å². The summed E-state index contributed by atoms with van der Waals surface area (Å²) in [5.74, 6) is -0.257. The van der Waals surface area contributed by atoms with Crippen molar-refractivity contribution < 1.29 is 4.39 Å². The topological polar surface area (TPSA) is 30.7 Å². The fourth-order valence-corrected chi connectivity index (χ4v) is 2.19. The summed E-state index contributed by atoms with van der Waals surface area (Å²) in [5.41, 5.74) is 3.19. The van der Waals surface area contributed by atoms with Gasteiger partial charge in [0.2, 0.25) is 0 Å². The maximum absolute atomic E-state index is 13.9. The van der Waals surface area contributed by atoms with Crippen molar-refractivity contribution in [2.75, 3.05) is 0 Å². The maximum atomic E-state index is 13.9. The average Bonchev–Trinajstić information content (AvgIpc) is 2.80. The first-order chi connectivity index (χ1) is 9.45. The van der Waals surface area contributed by atoms with E-state index in [1.165, 1.54) is 6.07 Å². The molecule has 0 atom stereocenters. The van der Waals surface area contributed by atoms with Crippen LogP contribution in [0, 0.1) is 5.82 Å². The Kier molecular flexibility index (Phi) is 2.82. The van der Waals surface area contributed by atoms with Crippen LogP contribution in [0.4, 0.5) is 4.39 Å². The molecule has 3 aromatic rings. The predicted octanol–water partition coefficient (Wildman–Crippen LogP) is 3.86. The summed E-state index contributed by atoms with van der Waals surface area (Å²) in [7, 11) is 0. The lowest BCUT2D eigenvalue weighted by molar-refractivity contribution is 0.570. The largest absolute Gasteiger partial charge is 0.213 e. The van der Waals surface area contributed by atoms with Gasteiger partial charge < -0.3 is 0 Å². The van der Waals surface area contributed by atoms with E-state index in [4.69, 9.17) is 0 Å². The van der Waals surface area contributed by atoms with Gasteiger partial charge in [0.1, 0.15) is 11.3 Å². The van der Waals surface area contributed by atoms with Crippen molar-refractivity contribution in [1.82, 2.24) is 15.0 Å². The third-order valence-electron chi connectivity index (χ3n) is 3.34. The van der Waals surface area contributed by atoms with Crippen LogP contribution in [0.1, 0.15) is 26.3 Å². The van der Waals surface area contributed by atoms with Gasteiger partial charge in [-0.1, -0.05) is 38.1 Å². The number of aromatic nitrogens is 3. The predicted molar refractivity (Wildman–Crippen MR) is 77.5 cm³/mol. The Labute approximate surface area is 117 Å². The molecule has 0 amide bonds. The molecule has 0 saturated heterocycles. The van der Waals surface area contributed by atoms with Crippen LogP contribution in [-0.2, 0) is 5.41 Å². The van der Waals surface area contributed by atoms with Crippen molar-refractivity contribution in [3.8, 4) is 5.69 Å². The molecule has 2 aromatic carbocycles. The first-order valence-electron chi connectivity index (χ1n) is 6.57. The lowest BCUT2D eigenvalue weighted by Gasteiger charge is -2.20. The minimum absolute atomic E-state index is 0.118. The lowest BCUT2D eigenvalue weighted by Crippen LogP contribution is -2.12. The zero-order valence-electron chi connectivity index (χ0n) is 11.8. The molecule has 0 bridgehead atoms. The van der Waals surface area contributed by atoms with Gasteiger partial charge in [0.15, 0.2) is 0 Å². The van der Waals surface area contributed by atoms with E-state index in [2.05, 4.69) is 31.1 Å². The van der Waals surface area contributed by atoms with Crippen LogP contribution in [-0.4, -0.2) is 15.0 Å². The quantitative estimate of drug-likeness (QED) is 0.671. The summed E-state index contributed by atoms with van der Waals surface area (Å²) in [5, 5.41) is 8.24. The van der Waals surface area contributed by atoms with Gasteiger partial charge in [0, 0.05) is 0 Å². The van der Waals surface area contributed by atoms with Crippen molar-refractivity contribution in [2.24, 2.45) is 0 Å². The summed E-state index contributed by atoms with van der Waals surface area (Å²) in [6.07, 6.45) is 0. The number of hydrogen-bond acceptors (Lipinski definition) is 2. The summed E-state index contributed by atoms with van der Waals surface area (Å²) in [6.45, 7) is 6.18. The van der Waals surface area contributed by atoms with Gasteiger partial charge >= 0.3 is 0 Å². The number of rotatable bonds is 1. The molecule has 1 aromatic heterocycles. The Morgan fingerprint density at radius 1 is 1.05 bits per heavy atom. The number of nitrogens with zero attached hydrogens (tertiary/aromatic N) is 3. The van der Waals surface area contributed by atoms with E-state index in [-0.39, 0.29) is 11.2 Å². The Balaban J connectivity index is 2.22. The number of halogens is 1. The molecule has 0 unspecified atom stereocenters. The van der Waals surface area contributed by atoms with Crippen LogP contribution < -0.4 is 0 Å². The molecule has 0 aliphatic rings. The summed E-state index contributed by atoms with van der Waals surface area (Å²) < 4.78 is 15.6. The molecule has 0 saturated carbocycles. The minimum Gasteiger partial charge on any atom is -0.213 e. The molecular formula is C16H16FN3. The van der Waals surface area contributed by atoms with Crippen molar-refractivity contribution in [3.05, 3.63) is 53.8 Å². The van der Waals surface area contributed by atoms with E-state index in [9.17, 15) is 4.39 Å². The van der Waals surface area contributed by atoms with Crippen LogP contribution in [0.15, 0.2) is 42.5 Å². The fraction of sp³-hybridized carbons (Fsp3) is 0.250. The standard InChI is InChI=1S/C16H16FN3/c1-16(2,3)11-8-12(17)10-13(9-11)20-15-7-5-4-6-14(15)18-19-20/h4-10H,1-3H3. The summed E-state index contributed by atoms with van der Waals surface area (Å²) in [6, 6.07) is 12.7. The molecule has 0 aliphatic heterocycles. The molecule has 0 fully saturated rings. The van der Waals surface area contributed by atoms with E-state index in [1.54, 1.807) is 10.7 Å². The van der Waals surface area contributed by atoms with Crippen LogP contribution in [0.2, 0.25) is 0 Å². The lowest BCUT2D eigenvalue weighted by atomic mass is 9.87. The molecule has 4 heteroatoms. The Morgan fingerprint density at radius 3 is 2.55 bits per heavy atom. The van der Waals surface area contributed by atoms with Gasteiger partial charge in [-0.2, -0.15) is 0 Å². The van der Waals surface area contributed by atoms with Gasteiger partial charge in [-0.05, 0) is 41.3 Å². The maximum Gasteiger partial charge on any atom is 0.125 e. The van der Waals surface area contributed by atoms with E-state index in [0.717, 1.165) is 16.6 Å². The van der Waals surface area contributed by atoms with Crippen LogP contribution in [0.25, 0.3) is 16.7 Å². The van der Waals surface area contributed by atoms with Gasteiger partial charge in [0.05, 0.1) is 11.2 Å². The summed E-state index contributed by atoms with van der Waals surface area (Å²) >= 11 is 0. The van der Waals surface area contributed by atoms with E-state index in [1.807, 2.05) is 30.3 Å². The summed E-state index contributed by atoms with van der Waals surface area (Å²) in [4.78, 5) is 0. The highest BCUT2D eigenvalue weighted by Gasteiger charge is 2.17. The smallest absolute Gasteiger partial charge is 0.125 e. The minimum atomic E-state index is -0.257. The average molecular weight is 269 g/mol. The molecule has 0 radical (unpaired) electrons. The normalized spacial score (nSPS) is 12.0. The molecular weight excluding hydrogens is 253 g/mol. The molecule has 0 N–H and O–H groups in total. The highest BCUT2D eigenvalue weighted by molar-refractivity contribution is 5.75. The number of fused-ring (bicyclic) bond motifs is 1. The Bertz CT molecular complexity index is 769. The van der Waals surface area contributed by atoms with Crippen LogP contribution in [0.3, 0.4) is 0 Å². The monoisotopic (exact) mass is 269 g/mol. The second-order valence-corrected chi connectivity index (χ2v) is 5.94. The molecule has 1 heterocycles. The number of benzene rings is 2. The second-order valence-electron chi connectivity index (χ2n) is 5.94. The van der Waals surface area contributed by atoms with Crippen LogP contribution >= 0.6 is 0 Å². The molecule has 3 nitrogen and oxygen atoms in total. The van der Waals surface area contributed by atoms with E-state index >= 15 is 0 Å².